The minimum absolute atomic E-state index is 0.148. The summed E-state index contributed by atoms with van der Waals surface area (Å²) in [5.74, 6) is -1.06. The summed E-state index contributed by atoms with van der Waals surface area (Å²) in [7, 11) is 2.53. The summed E-state index contributed by atoms with van der Waals surface area (Å²) in [5.41, 5.74) is 0.0925. The van der Waals surface area contributed by atoms with E-state index in [0.29, 0.717) is 5.56 Å². The highest BCUT2D eigenvalue weighted by Crippen LogP contribution is 2.29. The van der Waals surface area contributed by atoms with Gasteiger partial charge < -0.3 is 14.3 Å². The van der Waals surface area contributed by atoms with Crippen molar-refractivity contribution in [3.63, 3.8) is 0 Å². The maximum Gasteiger partial charge on any atom is 0.416 e. The highest BCUT2D eigenvalue weighted by atomic mass is 19.4. The summed E-state index contributed by atoms with van der Waals surface area (Å²) in [6.07, 6.45) is -5.56. The van der Waals surface area contributed by atoms with E-state index in [-0.39, 0.29) is 16.8 Å². The molecule has 0 amide bonds. The van der Waals surface area contributed by atoms with Crippen molar-refractivity contribution >= 4 is 17.6 Å². The minimum Gasteiger partial charge on any atom is -0.467 e. The summed E-state index contributed by atoms with van der Waals surface area (Å²) in [6.45, 7) is 1.46. The molecule has 0 aliphatic heterocycles. The number of halogens is 3. The van der Waals surface area contributed by atoms with Crippen LogP contribution >= 0.6 is 0 Å². The van der Waals surface area contributed by atoms with Crippen LogP contribution in [0.4, 0.5) is 13.2 Å². The van der Waals surface area contributed by atoms with E-state index in [4.69, 9.17) is 19.7 Å². The largest absolute Gasteiger partial charge is 0.467 e. The Morgan fingerprint density at radius 1 is 1.10 bits per heavy atom. The number of hydrogen-bond donors (Lipinski definition) is 1. The third kappa shape index (κ3) is 5.41. The van der Waals surface area contributed by atoms with Crippen LogP contribution in [0.25, 0.3) is 0 Å². The van der Waals surface area contributed by atoms with Gasteiger partial charge >= 0.3 is 12.1 Å². The Morgan fingerprint density at radius 2 is 1.79 bits per heavy atom. The number of hydrogen-bond acceptors (Lipinski definition) is 6. The zero-order valence-corrected chi connectivity index (χ0v) is 15.9. The SMILES string of the molecule is COC(=O)C(OC)c1ccccc1C(=N)O/N=C(\C)c1cccc(C(F)(F)F)c1. The van der Waals surface area contributed by atoms with E-state index in [2.05, 4.69) is 5.16 Å². The molecule has 1 unspecified atom stereocenters. The second-order valence-electron chi connectivity index (χ2n) is 5.90. The molecule has 0 bridgehead atoms. The van der Waals surface area contributed by atoms with Gasteiger partial charge in [-0.1, -0.05) is 35.5 Å². The Balaban J connectivity index is 2.26. The molecule has 0 saturated carbocycles. The Morgan fingerprint density at radius 3 is 2.41 bits per heavy atom. The van der Waals surface area contributed by atoms with Crippen molar-refractivity contribution in [3.05, 3.63) is 70.8 Å². The molecule has 1 N–H and O–H groups in total. The summed E-state index contributed by atoms with van der Waals surface area (Å²) < 4.78 is 48.4. The van der Waals surface area contributed by atoms with E-state index in [1.165, 1.54) is 39.3 Å². The lowest BCUT2D eigenvalue weighted by Crippen LogP contribution is -2.19. The van der Waals surface area contributed by atoms with Crippen molar-refractivity contribution in [2.24, 2.45) is 5.16 Å². The molecule has 0 aromatic heterocycles. The van der Waals surface area contributed by atoms with Crippen molar-refractivity contribution in [1.82, 2.24) is 0 Å². The topological polar surface area (TPSA) is 81.0 Å². The van der Waals surface area contributed by atoms with Crippen LogP contribution in [0.1, 0.15) is 35.3 Å². The number of rotatable bonds is 6. The molecular formula is C20H19F3N2O4. The Kier molecular flexibility index (Phi) is 7.11. The number of methoxy groups -OCH3 is 2. The van der Waals surface area contributed by atoms with Crippen LogP contribution < -0.4 is 0 Å². The molecule has 2 rings (SSSR count). The van der Waals surface area contributed by atoms with Crippen molar-refractivity contribution in [2.75, 3.05) is 14.2 Å². The van der Waals surface area contributed by atoms with Crippen molar-refractivity contribution in [2.45, 2.75) is 19.2 Å². The van der Waals surface area contributed by atoms with Crippen molar-refractivity contribution in [1.29, 1.82) is 5.41 Å². The second-order valence-corrected chi connectivity index (χ2v) is 5.90. The molecule has 2 aromatic rings. The van der Waals surface area contributed by atoms with E-state index < -0.39 is 29.7 Å². The predicted molar refractivity (Wildman–Crippen MR) is 99.8 cm³/mol. The average Bonchev–Trinajstić information content (AvgIpc) is 2.72. The monoisotopic (exact) mass is 408 g/mol. The van der Waals surface area contributed by atoms with Crippen LogP contribution in [-0.2, 0) is 25.3 Å². The number of nitrogens with one attached hydrogen (secondary N) is 1. The molecule has 0 saturated heterocycles. The number of ether oxygens (including phenoxy) is 2. The molecule has 0 radical (unpaired) electrons. The lowest BCUT2D eigenvalue weighted by Gasteiger charge is -2.16. The quantitative estimate of drug-likeness (QED) is 0.334. The molecule has 1 atom stereocenters. The van der Waals surface area contributed by atoms with Crippen molar-refractivity contribution < 1.29 is 32.3 Å². The number of benzene rings is 2. The number of alkyl halides is 3. The highest BCUT2D eigenvalue weighted by molar-refractivity contribution is 6.00. The fraction of sp³-hybridized carbons (Fsp3) is 0.250. The van der Waals surface area contributed by atoms with Gasteiger partial charge in [0, 0.05) is 18.2 Å². The fourth-order valence-corrected chi connectivity index (χ4v) is 2.53. The summed E-state index contributed by atoms with van der Waals surface area (Å²) in [5, 5.41) is 11.9. The Labute approximate surface area is 165 Å². The summed E-state index contributed by atoms with van der Waals surface area (Å²) >= 11 is 0. The van der Waals surface area contributed by atoms with Gasteiger partial charge in [0.25, 0.3) is 0 Å². The number of nitrogens with zero attached hydrogens (tertiary/aromatic N) is 1. The van der Waals surface area contributed by atoms with E-state index in [0.717, 1.165) is 12.1 Å². The van der Waals surface area contributed by atoms with Gasteiger partial charge in [0.15, 0.2) is 6.10 Å². The number of esters is 1. The molecule has 9 heteroatoms. The molecule has 0 spiro atoms. The van der Waals surface area contributed by atoms with E-state index in [1.54, 1.807) is 18.2 Å². The first kappa shape index (κ1) is 22.1. The van der Waals surface area contributed by atoms with Gasteiger partial charge in [-0.25, -0.2) is 4.79 Å². The third-order valence-electron chi connectivity index (χ3n) is 4.02. The van der Waals surface area contributed by atoms with Crippen LogP contribution in [0.15, 0.2) is 53.7 Å². The van der Waals surface area contributed by atoms with Crippen LogP contribution in [0.5, 0.6) is 0 Å². The summed E-state index contributed by atoms with van der Waals surface area (Å²) in [4.78, 5) is 17.0. The molecule has 2 aromatic carbocycles. The molecule has 6 nitrogen and oxygen atoms in total. The lowest BCUT2D eigenvalue weighted by atomic mass is 10.0. The first-order valence-electron chi connectivity index (χ1n) is 8.36. The first-order valence-corrected chi connectivity index (χ1v) is 8.36. The van der Waals surface area contributed by atoms with Crippen LogP contribution in [0.3, 0.4) is 0 Å². The van der Waals surface area contributed by atoms with E-state index in [9.17, 15) is 18.0 Å². The van der Waals surface area contributed by atoms with Gasteiger partial charge in [-0.05, 0) is 30.7 Å². The van der Waals surface area contributed by atoms with Crippen LogP contribution in [0.2, 0.25) is 0 Å². The smallest absolute Gasteiger partial charge is 0.416 e. The van der Waals surface area contributed by atoms with E-state index in [1.807, 2.05) is 0 Å². The molecule has 0 heterocycles. The molecule has 29 heavy (non-hydrogen) atoms. The molecule has 0 aliphatic rings. The van der Waals surface area contributed by atoms with E-state index >= 15 is 0 Å². The van der Waals surface area contributed by atoms with Gasteiger partial charge in [0.1, 0.15) is 0 Å². The number of oxime groups is 1. The minimum atomic E-state index is -4.48. The molecule has 0 aliphatic carbocycles. The highest BCUT2D eigenvalue weighted by Gasteiger charge is 2.30. The van der Waals surface area contributed by atoms with Crippen LogP contribution in [-0.4, -0.2) is 31.8 Å². The first-order chi connectivity index (χ1) is 13.7. The Hall–Kier alpha value is -3.20. The van der Waals surface area contributed by atoms with Gasteiger partial charge in [-0.2, -0.15) is 13.2 Å². The standard InChI is InChI=1S/C20H19F3N2O4/c1-12(13-7-6-8-14(11-13)20(21,22)23)25-29-18(24)16-10-5-4-9-15(16)17(27-2)19(26)28-3/h4-11,17,24H,1-3H3/b24-18?,25-12+. The number of carbonyl (C=O) groups excluding carboxylic acids is 1. The maximum atomic E-state index is 12.9. The van der Waals surface area contributed by atoms with Gasteiger partial charge in [-0.15, -0.1) is 0 Å². The van der Waals surface area contributed by atoms with Gasteiger partial charge in [0.05, 0.1) is 18.4 Å². The second kappa shape index (κ2) is 9.33. The number of carbonyl (C=O) groups is 1. The third-order valence-corrected chi connectivity index (χ3v) is 4.02. The molecule has 154 valence electrons. The predicted octanol–water partition coefficient (Wildman–Crippen LogP) is 4.33. The lowest BCUT2D eigenvalue weighted by molar-refractivity contribution is -0.152. The summed E-state index contributed by atoms with van der Waals surface area (Å²) in [6, 6.07) is 11.0. The molecular weight excluding hydrogens is 389 g/mol. The maximum absolute atomic E-state index is 12.9. The van der Waals surface area contributed by atoms with Crippen LogP contribution in [0, 0.1) is 5.41 Å². The zero-order chi connectivity index (χ0) is 21.6. The van der Waals surface area contributed by atoms with Gasteiger partial charge in [-0.3, -0.25) is 5.41 Å². The average molecular weight is 408 g/mol. The normalized spacial score (nSPS) is 13.0. The Bertz CT molecular complexity index is 926. The zero-order valence-electron chi connectivity index (χ0n) is 15.9. The molecule has 0 fully saturated rings. The van der Waals surface area contributed by atoms with Crippen molar-refractivity contribution in [3.8, 4) is 0 Å². The fourth-order valence-electron chi connectivity index (χ4n) is 2.53. The van der Waals surface area contributed by atoms with Gasteiger partial charge in [0.2, 0.25) is 5.90 Å².